The van der Waals surface area contributed by atoms with Crippen LogP contribution in [0, 0.1) is 19.8 Å². The highest BCUT2D eigenvalue weighted by atomic mass is 19.4. The number of alkyl halides is 3. The highest BCUT2D eigenvalue weighted by molar-refractivity contribution is 5.96. The van der Waals surface area contributed by atoms with Gasteiger partial charge < -0.3 is 14.8 Å². The van der Waals surface area contributed by atoms with E-state index in [1.165, 1.54) is 18.2 Å². The van der Waals surface area contributed by atoms with Crippen LogP contribution in [0.25, 0.3) is 0 Å². The van der Waals surface area contributed by atoms with Crippen molar-refractivity contribution in [2.45, 2.75) is 72.9 Å². The van der Waals surface area contributed by atoms with Gasteiger partial charge in [0.1, 0.15) is 18.1 Å². The number of hydrogen-bond acceptors (Lipinski definition) is 3. The van der Waals surface area contributed by atoms with Crippen LogP contribution in [0.15, 0.2) is 60.7 Å². The highest BCUT2D eigenvalue weighted by Gasteiger charge is 2.32. The third-order valence-electron chi connectivity index (χ3n) is 6.10. The van der Waals surface area contributed by atoms with Crippen molar-refractivity contribution in [3.05, 3.63) is 94.0 Å². The molecular formula is C31H36F3NO3. The molecule has 0 fully saturated rings. The van der Waals surface area contributed by atoms with Crippen LogP contribution in [0.2, 0.25) is 0 Å². The molecule has 3 aromatic rings. The van der Waals surface area contributed by atoms with Gasteiger partial charge in [0.05, 0.1) is 6.04 Å². The molecule has 0 heterocycles. The van der Waals surface area contributed by atoms with Crippen LogP contribution >= 0.6 is 0 Å². The molecule has 7 heteroatoms. The van der Waals surface area contributed by atoms with Crippen molar-refractivity contribution < 1.29 is 27.4 Å². The maximum Gasteiger partial charge on any atom is 0.573 e. The quantitative estimate of drug-likeness (QED) is 0.273. The molecule has 1 atom stereocenters. The fourth-order valence-electron chi connectivity index (χ4n) is 4.55. The lowest BCUT2D eigenvalue weighted by molar-refractivity contribution is -0.275. The summed E-state index contributed by atoms with van der Waals surface area (Å²) in [7, 11) is 0. The SMILES string of the molecule is CCCc1ccc(OCc2ccccc2OC(F)(F)F)cc1C(=O)NC(CC(C)C)c1cc(C)cc(C)c1. The Bertz CT molecular complexity index is 1220. The van der Waals surface area contributed by atoms with Crippen LogP contribution in [0.3, 0.4) is 0 Å². The van der Waals surface area contributed by atoms with E-state index < -0.39 is 6.36 Å². The second-order valence-corrected chi connectivity index (χ2v) is 10.1. The lowest BCUT2D eigenvalue weighted by Gasteiger charge is -2.23. The van der Waals surface area contributed by atoms with Gasteiger partial charge in [-0.2, -0.15) is 0 Å². The lowest BCUT2D eigenvalue weighted by atomic mass is 9.93. The van der Waals surface area contributed by atoms with Crippen molar-refractivity contribution >= 4 is 5.91 Å². The number of nitrogens with one attached hydrogen (secondary N) is 1. The first kappa shape index (κ1) is 29.1. The molecule has 3 rings (SSSR count). The molecule has 0 saturated heterocycles. The molecule has 1 N–H and O–H groups in total. The molecule has 0 saturated carbocycles. The molecular weight excluding hydrogens is 491 g/mol. The van der Waals surface area contributed by atoms with Crippen LogP contribution in [-0.2, 0) is 13.0 Å². The van der Waals surface area contributed by atoms with Crippen molar-refractivity contribution in [1.82, 2.24) is 5.32 Å². The van der Waals surface area contributed by atoms with E-state index in [1.54, 1.807) is 18.2 Å². The molecule has 204 valence electrons. The summed E-state index contributed by atoms with van der Waals surface area (Å²) in [6.45, 7) is 10.2. The summed E-state index contributed by atoms with van der Waals surface area (Å²) < 4.78 is 48.3. The van der Waals surface area contributed by atoms with Gasteiger partial charge in [0.2, 0.25) is 0 Å². The zero-order valence-corrected chi connectivity index (χ0v) is 22.6. The summed E-state index contributed by atoms with van der Waals surface area (Å²) in [4.78, 5) is 13.6. The Balaban J connectivity index is 1.85. The van der Waals surface area contributed by atoms with E-state index >= 15 is 0 Å². The average molecular weight is 528 g/mol. The highest BCUT2D eigenvalue weighted by Crippen LogP contribution is 2.29. The van der Waals surface area contributed by atoms with E-state index in [-0.39, 0.29) is 29.9 Å². The Kier molecular flexibility index (Phi) is 9.84. The number of rotatable bonds is 11. The molecule has 38 heavy (non-hydrogen) atoms. The zero-order valence-electron chi connectivity index (χ0n) is 22.6. The minimum atomic E-state index is -4.80. The van der Waals surface area contributed by atoms with Gasteiger partial charge in [-0.25, -0.2) is 0 Å². The first-order valence-corrected chi connectivity index (χ1v) is 12.9. The molecule has 0 aliphatic carbocycles. The Morgan fingerprint density at radius 3 is 2.26 bits per heavy atom. The van der Waals surface area contributed by atoms with Gasteiger partial charge in [0.15, 0.2) is 0 Å². The molecule has 0 aliphatic heterocycles. The van der Waals surface area contributed by atoms with Gasteiger partial charge in [-0.3, -0.25) is 4.79 Å². The van der Waals surface area contributed by atoms with Gasteiger partial charge in [-0.1, -0.05) is 80.8 Å². The summed E-state index contributed by atoms with van der Waals surface area (Å²) in [6.07, 6.45) is -2.45. The second kappa shape index (κ2) is 12.9. The molecule has 1 amide bonds. The topological polar surface area (TPSA) is 47.6 Å². The van der Waals surface area contributed by atoms with Crippen LogP contribution < -0.4 is 14.8 Å². The van der Waals surface area contributed by atoms with Crippen LogP contribution in [0.5, 0.6) is 11.5 Å². The number of carbonyl (C=O) groups excluding carboxylic acids is 1. The smallest absolute Gasteiger partial charge is 0.489 e. The summed E-state index contributed by atoms with van der Waals surface area (Å²) in [5.41, 5.74) is 4.99. The average Bonchev–Trinajstić information content (AvgIpc) is 2.82. The van der Waals surface area contributed by atoms with Crippen molar-refractivity contribution in [3.8, 4) is 11.5 Å². The standard InChI is InChI=1S/C31H36F3NO3/c1-6-9-23-12-13-26(37-19-24-10-7-8-11-29(24)38-31(32,33)34)18-27(23)30(36)35-28(14-20(2)3)25-16-21(4)15-22(5)17-25/h7-8,10-13,15-18,20,28H,6,9,14,19H2,1-5H3,(H,35,36). The maximum absolute atomic E-state index is 13.6. The van der Waals surface area contributed by atoms with Crippen molar-refractivity contribution in [3.63, 3.8) is 0 Å². The number of benzene rings is 3. The third-order valence-corrected chi connectivity index (χ3v) is 6.10. The Morgan fingerprint density at radius 2 is 1.63 bits per heavy atom. The summed E-state index contributed by atoms with van der Waals surface area (Å²) in [5.74, 6) is 0.239. The van der Waals surface area contributed by atoms with Gasteiger partial charge in [0, 0.05) is 11.1 Å². The predicted molar refractivity (Wildman–Crippen MR) is 143 cm³/mol. The largest absolute Gasteiger partial charge is 0.573 e. The number of para-hydroxylation sites is 1. The van der Waals surface area contributed by atoms with Crippen molar-refractivity contribution in [2.24, 2.45) is 5.92 Å². The minimum absolute atomic E-state index is 0.140. The van der Waals surface area contributed by atoms with Gasteiger partial charge in [-0.15, -0.1) is 13.2 Å². The zero-order chi connectivity index (χ0) is 27.9. The van der Waals surface area contributed by atoms with E-state index in [4.69, 9.17) is 4.74 Å². The normalized spacial score (nSPS) is 12.3. The summed E-state index contributed by atoms with van der Waals surface area (Å²) >= 11 is 0. The molecule has 1 unspecified atom stereocenters. The van der Waals surface area contributed by atoms with Crippen LogP contribution in [0.4, 0.5) is 13.2 Å². The second-order valence-electron chi connectivity index (χ2n) is 10.1. The number of carbonyl (C=O) groups is 1. The Hall–Kier alpha value is -3.48. The molecule has 0 bridgehead atoms. The first-order chi connectivity index (χ1) is 17.9. The fourth-order valence-corrected chi connectivity index (χ4v) is 4.55. The number of halogens is 3. The summed E-state index contributed by atoms with van der Waals surface area (Å²) in [6, 6.07) is 17.3. The molecule has 0 aliphatic rings. The number of amides is 1. The van der Waals surface area contributed by atoms with E-state index in [0.717, 1.165) is 35.1 Å². The number of hydrogen-bond donors (Lipinski definition) is 1. The molecule has 0 aromatic heterocycles. The van der Waals surface area contributed by atoms with Crippen molar-refractivity contribution in [1.29, 1.82) is 0 Å². The molecule has 0 radical (unpaired) electrons. The van der Waals surface area contributed by atoms with Crippen molar-refractivity contribution in [2.75, 3.05) is 0 Å². The van der Waals surface area contributed by atoms with Gasteiger partial charge >= 0.3 is 6.36 Å². The first-order valence-electron chi connectivity index (χ1n) is 12.9. The van der Waals surface area contributed by atoms with E-state index in [0.29, 0.717) is 23.7 Å². The maximum atomic E-state index is 13.6. The predicted octanol–water partition coefficient (Wildman–Crippen LogP) is 8.25. The minimum Gasteiger partial charge on any atom is -0.489 e. The number of aryl methyl sites for hydroxylation is 3. The molecule has 4 nitrogen and oxygen atoms in total. The van der Waals surface area contributed by atoms with E-state index in [1.807, 2.05) is 26.8 Å². The monoisotopic (exact) mass is 527 g/mol. The summed E-state index contributed by atoms with van der Waals surface area (Å²) in [5, 5.41) is 3.23. The number of ether oxygens (including phenoxy) is 2. The molecule has 3 aromatic carbocycles. The lowest BCUT2D eigenvalue weighted by Crippen LogP contribution is -2.30. The molecule has 0 spiro atoms. The van der Waals surface area contributed by atoms with Gasteiger partial charge in [-0.05, 0) is 61.9 Å². The Labute approximate surface area is 223 Å². The fraction of sp³-hybridized carbons (Fsp3) is 0.387. The van der Waals surface area contributed by atoms with E-state index in [9.17, 15) is 18.0 Å². The van der Waals surface area contributed by atoms with Crippen LogP contribution in [0.1, 0.15) is 77.8 Å². The Morgan fingerprint density at radius 1 is 0.947 bits per heavy atom. The van der Waals surface area contributed by atoms with Crippen LogP contribution in [-0.4, -0.2) is 12.3 Å². The van der Waals surface area contributed by atoms with E-state index in [2.05, 4.69) is 42.1 Å². The third kappa shape index (κ3) is 8.54. The van der Waals surface area contributed by atoms with Gasteiger partial charge in [0.25, 0.3) is 5.91 Å².